The maximum Gasteiger partial charge on any atom is 0.0405 e. The first-order valence-corrected chi connectivity index (χ1v) is 15.8. The molecule has 3 unspecified atom stereocenters. The van der Waals surface area contributed by atoms with E-state index in [1.165, 1.54) is 87.8 Å². The van der Waals surface area contributed by atoms with Crippen molar-refractivity contribution in [3.05, 3.63) is 60.7 Å². The fraction of sp³-hybridized carbons (Fsp3) is 0.657. The fourth-order valence-corrected chi connectivity index (χ4v) is 6.89. The lowest BCUT2D eigenvalue weighted by atomic mass is 9.89. The van der Waals surface area contributed by atoms with Gasteiger partial charge in [-0.3, -0.25) is 4.90 Å². The maximum absolute atomic E-state index is 4.33. The standard InChI is InChI=1S/C35H57N3/c1-7-14-31(15-8-2)25-33-19-18-29(10-4)26-35(33)38-24-23-37(34(16-9-3)32(12-6)28-38)22-21-36-20-13-17-30(11-5)27-36/h9-10,12,16,18-19,26,30-32,34H,4,6-8,11,13-15,17,20-25,27-28H2,1-3,5H3/b16-9+. The molecule has 212 valence electrons. The van der Waals surface area contributed by atoms with Crippen LogP contribution in [0.5, 0.6) is 0 Å². The molecule has 2 heterocycles. The molecule has 3 nitrogen and oxygen atoms in total. The molecular weight excluding hydrogens is 462 g/mol. The molecule has 0 aromatic heterocycles. The van der Waals surface area contributed by atoms with Gasteiger partial charge < -0.3 is 9.80 Å². The minimum absolute atomic E-state index is 0.403. The Bertz CT molecular complexity index is 868. The van der Waals surface area contributed by atoms with Crippen LogP contribution in [0.2, 0.25) is 0 Å². The number of benzene rings is 1. The summed E-state index contributed by atoms with van der Waals surface area (Å²) in [6.07, 6.45) is 19.3. The van der Waals surface area contributed by atoms with E-state index in [4.69, 9.17) is 0 Å². The molecule has 0 aliphatic carbocycles. The first kappa shape index (κ1) is 30.7. The zero-order valence-electron chi connectivity index (χ0n) is 25.2. The van der Waals surface area contributed by atoms with Crippen LogP contribution in [0.1, 0.15) is 83.8 Å². The van der Waals surface area contributed by atoms with Crippen molar-refractivity contribution in [3.8, 4) is 0 Å². The Morgan fingerprint density at radius 3 is 2.45 bits per heavy atom. The molecule has 1 aromatic carbocycles. The highest BCUT2D eigenvalue weighted by Crippen LogP contribution is 2.32. The molecule has 0 N–H and O–H groups in total. The number of nitrogens with zero attached hydrogens (tertiary/aromatic N) is 3. The number of allylic oxidation sites excluding steroid dienone is 1. The molecule has 1 aromatic rings. The van der Waals surface area contributed by atoms with Crippen LogP contribution in [0, 0.1) is 17.8 Å². The van der Waals surface area contributed by atoms with E-state index in [2.05, 4.69) is 92.0 Å². The van der Waals surface area contributed by atoms with Gasteiger partial charge in [0.1, 0.15) is 0 Å². The molecule has 2 aliphatic rings. The lowest BCUT2D eigenvalue weighted by Gasteiger charge is -2.36. The van der Waals surface area contributed by atoms with Crippen LogP contribution in [0.25, 0.3) is 6.08 Å². The van der Waals surface area contributed by atoms with Crippen molar-refractivity contribution in [1.82, 2.24) is 9.80 Å². The summed E-state index contributed by atoms with van der Waals surface area (Å²) in [5.41, 5.74) is 4.16. The van der Waals surface area contributed by atoms with Crippen molar-refractivity contribution < 1.29 is 0 Å². The fourth-order valence-electron chi connectivity index (χ4n) is 6.89. The van der Waals surface area contributed by atoms with E-state index in [1.807, 2.05) is 6.08 Å². The van der Waals surface area contributed by atoms with Gasteiger partial charge >= 0.3 is 0 Å². The van der Waals surface area contributed by atoms with Crippen molar-refractivity contribution in [3.63, 3.8) is 0 Å². The highest BCUT2D eigenvalue weighted by molar-refractivity contribution is 5.62. The molecule has 2 fully saturated rings. The number of rotatable bonds is 14. The van der Waals surface area contributed by atoms with E-state index in [0.717, 1.165) is 38.0 Å². The second kappa shape index (κ2) is 16.3. The second-order valence-corrected chi connectivity index (χ2v) is 11.9. The molecule has 0 amide bonds. The van der Waals surface area contributed by atoms with E-state index >= 15 is 0 Å². The second-order valence-electron chi connectivity index (χ2n) is 11.9. The Hall–Kier alpha value is -1.84. The van der Waals surface area contributed by atoms with Crippen LogP contribution >= 0.6 is 0 Å². The van der Waals surface area contributed by atoms with Gasteiger partial charge in [-0.25, -0.2) is 0 Å². The molecule has 3 heteroatoms. The third kappa shape index (κ3) is 8.58. The third-order valence-electron chi connectivity index (χ3n) is 9.11. The molecule has 38 heavy (non-hydrogen) atoms. The van der Waals surface area contributed by atoms with Gasteiger partial charge in [0.05, 0.1) is 0 Å². The van der Waals surface area contributed by atoms with Crippen LogP contribution in [0.15, 0.2) is 49.6 Å². The third-order valence-corrected chi connectivity index (χ3v) is 9.11. The van der Waals surface area contributed by atoms with Crippen LogP contribution in [0.3, 0.4) is 0 Å². The Labute approximate surface area is 235 Å². The number of hydrogen-bond donors (Lipinski definition) is 0. The van der Waals surface area contributed by atoms with Crippen molar-refractivity contribution >= 4 is 11.8 Å². The molecule has 0 spiro atoms. The number of likely N-dealkylation sites (tertiary alicyclic amines) is 1. The number of piperidine rings is 1. The highest BCUT2D eigenvalue weighted by atomic mass is 15.3. The van der Waals surface area contributed by atoms with E-state index in [1.54, 1.807) is 0 Å². The largest absolute Gasteiger partial charge is 0.369 e. The van der Waals surface area contributed by atoms with Crippen molar-refractivity contribution in [2.24, 2.45) is 17.8 Å². The smallest absolute Gasteiger partial charge is 0.0405 e. The summed E-state index contributed by atoms with van der Waals surface area (Å²) < 4.78 is 0. The van der Waals surface area contributed by atoms with Gasteiger partial charge in [0.25, 0.3) is 0 Å². The highest BCUT2D eigenvalue weighted by Gasteiger charge is 2.31. The normalized spacial score (nSPS) is 23.7. The molecule has 2 saturated heterocycles. The summed E-state index contributed by atoms with van der Waals surface area (Å²) in [6, 6.07) is 7.46. The monoisotopic (exact) mass is 519 g/mol. The van der Waals surface area contributed by atoms with E-state index in [0.29, 0.717) is 12.0 Å². The maximum atomic E-state index is 4.33. The zero-order valence-corrected chi connectivity index (χ0v) is 25.2. The van der Waals surface area contributed by atoms with Crippen LogP contribution in [-0.2, 0) is 6.42 Å². The Kier molecular flexibility index (Phi) is 13.2. The first-order chi connectivity index (χ1) is 18.6. The Morgan fingerprint density at radius 2 is 1.79 bits per heavy atom. The van der Waals surface area contributed by atoms with Crippen LogP contribution in [0.4, 0.5) is 5.69 Å². The Morgan fingerprint density at radius 1 is 1.00 bits per heavy atom. The molecule has 3 rings (SSSR count). The van der Waals surface area contributed by atoms with Crippen LogP contribution in [-0.4, -0.2) is 61.7 Å². The van der Waals surface area contributed by atoms with Gasteiger partial charge in [-0.15, -0.1) is 6.58 Å². The van der Waals surface area contributed by atoms with Crippen LogP contribution < -0.4 is 4.90 Å². The summed E-state index contributed by atoms with van der Waals surface area (Å²) in [5.74, 6) is 2.06. The summed E-state index contributed by atoms with van der Waals surface area (Å²) in [7, 11) is 0. The van der Waals surface area contributed by atoms with Gasteiger partial charge in [-0.05, 0) is 61.8 Å². The van der Waals surface area contributed by atoms with Gasteiger partial charge in [0.15, 0.2) is 0 Å². The topological polar surface area (TPSA) is 9.72 Å². The van der Waals surface area contributed by atoms with Gasteiger partial charge in [0.2, 0.25) is 0 Å². The summed E-state index contributed by atoms with van der Waals surface area (Å²) in [4.78, 5) is 8.15. The molecule has 0 bridgehead atoms. The van der Waals surface area contributed by atoms with E-state index < -0.39 is 0 Å². The number of anilines is 1. The van der Waals surface area contributed by atoms with Crippen molar-refractivity contribution in [2.45, 2.75) is 85.1 Å². The minimum atomic E-state index is 0.403. The predicted molar refractivity (Wildman–Crippen MR) is 169 cm³/mol. The summed E-state index contributed by atoms with van der Waals surface area (Å²) >= 11 is 0. The predicted octanol–water partition coefficient (Wildman–Crippen LogP) is 8.08. The lowest BCUT2D eigenvalue weighted by Crippen LogP contribution is -2.45. The average Bonchev–Trinajstić information content (AvgIpc) is 3.11. The molecular formula is C35H57N3. The summed E-state index contributed by atoms with van der Waals surface area (Å²) in [6.45, 7) is 25.7. The summed E-state index contributed by atoms with van der Waals surface area (Å²) in [5, 5.41) is 0. The molecule has 3 atom stereocenters. The van der Waals surface area contributed by atoms with E-state index in [9.17, 15) is 0 Å². The van der Waals surface area contributed by atoms with Crippen molar-refractivity contribution in [1.29, 1.82) is 0 Å². The minimum Gasteiger partial charge on any atom is -0.369 e. The number of hydrogen-bond acceptors (Lipinski definition) is 3. The Balaban J connectivity index is 1.83. The van der Waals surface area contributed by atoms with Gasteiger partial charge in [0, 0.05) is 56.9 Å². The van der Waals surface area contributed by atoms with Gasteiger partial charge in [-0.1, -0.05) is 95.9 Å². The van der Waals surface area contributed by atoms with Crippen molar-refractivity contribution in [2.75, 3.05) is 50.7 Å². The quantitative estimate of drug-likeness (QED) is 0.230. The SMILES string of the molecule is C=Cc1ccc(CC(CCC)CCC)c(N2CCN(CCN3CCCC(CC)C3)C(/C=C/C)C(C=C)C2)c1. The van der Waals surface area contributed by atoms with Gasteiger partial charge in [-0.2, -0.15) is 0 Å². The lowest BCUT2D eigenvalue weighted by molar-refractivity contribution is 0.133. The average molecular weight is 520 g/mol. The molecule has 0 saturated carbocycles. The molecule has 0 radical (unpaired) electrons. The van der Waals surface area contributed by atoms with E-state index in [-0.39, 0.29) is 0 Å². The molecule has 2 aliphatic heterocycles. The zero-order chi connectivity index (χ0) is 27.3. The first-order valence-electron chi connectivity index (χ1n) is 15.8.